The van der Waals surface area contributed by atoms with Gasteiger partial charge >= 0.3 is 26.8 Å². The summed E-state index contributed by atoms with van der Waals surface area (Å²) >= 11 is 0. The highest BCUT2D eigenvalue weighted by atomic mass is 32.3. The predicted molar refractivity (Wildman–Crippen MR) is 90.7 cm³/mol. The van der Waals surface area contributed by atoms with Gasteiger partial charge in [0.25, 0.3) is 0 Å². The second kappa shape index (κ2) is 7.39. The second-order valence-corrected chi connectivity index (χ2v) is 8.07. The van der Waals surface area contributed by atoms with Crippen LogP contribution in [0.25, 0.3) is 0 Å². The number of hydroxylamine groups is 2. The molecule has 1 fully saturated rings. The Morgan fingerprint density at radius 2 is 1.83 bits per heavy atom. The summed E-state index contributed by atoms with van der Waals surface area (Å²) in [6, 6.07) is 1.00. The van der Waals surface area contributed by atoms with Crippen molar-refractivity contribution in [1.82, 2.24) is 9.96 Å². The summed E-state index contributed by atoms with van der Waals surface area (Å²) in [6.07, 6.45) is 0. The average Bonchev–Trinajstić information content (AvgIpc) is 2.84. The minimum absolute atomic E-state index is 0.149. The molecule has 0 aromatic heterocycles. The van der Waals surface area contributed by atoms with Gasteiger partial charge in [0, 0.05) is 0 Å². The number of carbonyl (C=O) groups excluding carboxylic acids is 2. The number of hydrogen-bond acceptors (Lipinski definition) is 9. The predicted octanol–water partition coefficient (Wildman–Crippen LogP) is -1.06. The van der Waals surface area contributed by atoms with Crippen molar-refractivity contribution in [2.45, 2.75) is 12.1 Å². The Bertz CT molecular complexity index is 1060. The molecule has 1 aromatic rings. The van der Waals surface area contributed by atoms with Crippen molar-refractivity contribution >= 4 is 32.7 Å². The van der Waals surface area contributed by atoms with Crippen LogP contribution in [0.4, 0.5) is 4.79 Å². The summed E-state index contributed by atoms with van der Waals surface area (Å²) < 4.78 is 74.4. The highest BCUT2D eigenvalue weighted by molar-refractivity contribution is 7.81. The summed E-state index contributed by atoms with van der Waals surface area (Å²) in [7, 11) is -9.65. The standard InChI is InChI=1S/C13H15N3O11S2/c14-12(17)11-8-2-1-7(25-3-4-26-28(19,20)21)5-9(8)10-6-15(11)13(18)16(10)27-29(22,23)24/h1-2,5,10-11H,3-4,6H2,(H2,14,17)(H,19,20,21)(H,22,23,24)/t10-,11+/m0/s1. The molecule has 2 heterocycles. The van der Waals surface area contributed by atoms with Gasteiger partial charge in [-0.1, -0.05) is 6.07 Å². The van der Waals surface area contributed by atoms with Gasteiger partial charge in [0.1, 0.15) is 31.0 Å². The number of nitrogens with two attached hydrogens (primary N) is 1. The van der Waals surface area contributed by atoms with Crippen molar-refractivity contribution in [3.63, 3.8) is 0 Å². The molecule has 3 amide bonds. The van der Waals surface area contributed by atoms with E-state index >= 15 is 0 Å². The monoisotopic (exact) mass is 453 g/mol. The van der Waals surface area contributed by atoms with Crippen molar-refractivity contribution < 1.29 is 48.7 Å². The molecule has 2 atom stereocenters. The van der Waals surface area contributed by atoms with E-state index in [9.17, 15) is 26.4 Å². The molecule has 0 radical (unpaired) electrons. The molecule has 1 aromatic carbocycles. The number of urea groups is 1. The number of fused-ring (bicyclic) bond motifs is 4. The fourth-order valence-electron chi connectivity index (χ4n) is 3.18. The SMILES string of the molecule is NC(=O)[C@H]1c2ccc(OCCOS(=O)(=O)O)cc2[C@@H]2CN1C(=O)N2OS(=O)(=O)O. The van der Waals surface area contributed by atoms with E-state index in [1.807, 2.05) is 0 Å². The Morgan fingerprint density at radius 3 is 2.41 bits per heavy atom. The fourth-order valence-corrected chi connectivity index (χ4v) is 3.83. The van der Waals surface area contributed by atoms with Crippen LogP contribution < -0.4 is 10.5 Å². The Labute approximate surface area is 164 Å². The minimum Gasteiger partial charge on any atom is -0.491 e. The lowest BCUT2D eigenvalue weighted by molar-refractivity contribution is -0.122. The maximum Gasteiger partial charge on any atom is 0.418 e. The molecule has 160 valence electrons. The number of ether oxygens (including phenoxy) is 1. The van der Waals surface area contributed by atoms with E-state index in [-0.39, 0.29) is 24.5 Å². The van der Waals surface area contributed by atoms with Gasteiger partial charge in [-0.15, -0.1) is 4.28 Å². The smallest absolute Gasteiger partial charge is 0.418 e. The number of hydrogen-bond donors (Lipinski definition) is 3. The molecule has 3 rings (SSSR count). The van der Waals surface area contributed by atoms with Gasteiger partial charge in [0.2, 0.25) is 5.91 Å². The zero-order chi connectivity index (χ0) is 21.6. The van der Waals surface area contributed by atoms with Crippen molar-refractivity contribution in [2.24, 2.45) is 5.73 Å². The normalized spacial score (nSPS) is 21.2. The van der Waals surface area contributed by atoms with E-state index in [2.05, 4.69) is 8.47 Å². The zero-order valence-corrected chi connectivity index (χ0v) is 16.0. The van der Waals surface area contributed by atoms with Gasteiger partial charge < -0.3 is 15.4 Å². The summed E-state index contributed by atoms with van der Waals surface area (Å²) in [6.45, 7) is -0.920. The Morgan fingerprint density at radius 1 is 1.14 bits per heavy atom. The number of amides is 3. The molecule has 0 unspecified atom stereocenters. The fraction of sp³-hybridized carbons (Fsp3) is 0.385. The van der Waals surface area contributed by atoms with Gasteiger partial charge in [-0.3, -0.25) is 13.9 Å². The molecule has 2 bridgehead atoms. The van der Waals surface area contributed by atoms with Gasteiger partial charge in [-0.25, -0.2) is 8.98 Å². The number of benzene rings is 1. The minimum atomic E-state index is -5.03. The van der Waals surface area contributed by atoms with Crippen molar-refractivity contribution in [3.8, 4) is 5.75 Å². The molecular formula is C13H15N3O11S2. The lowest BCUT2D eigenvalue weighted by Crippen LogP contribution is -2.41. The molecule has 4 N–H and O–H groups in total. The van der Waals surface area contributed by atoms with Crippen LogP contribution in [-0.2, 0) is 34.1 Å². The lowest BCUT2D eigenvalue weighted by Gasteiger charge is -2.30. The Kier molecular flexibility index (Phi) is 5.41. The first kappa shape index (κ1) is 21.2. The topological polar surface area (TPSA) is 203 Å². The lowest BCUT2D eigenvalue weighted by atomic mass is 9.90. The van der Waals surface area contributed by atoms with E-state index in [1.165, 1.54) is 18.2 Å². The molecule has 0 aliphatic carbocycles. The molecule has 0 spiro atoms. The molecular weight excluding hydrogens is 438 g/mol. The van der Waals surface area contributed by atoms with E-state index < -0.39 is 51.4 Å². The molecule has 0 saturated carbocycles. The van der Waals surface area contributed by atoms with Gasteiger partial charge in [-0.2, -0.15) is 21.9 Å². The molecule has 16 heteroatoms. The molecule has 2 aliphatic heterocycles. The maximum atomic E-state index is 12.5. The number of primary amides is 1. The summed E-state index contributed by atoms with van der Waals surface area (Å²) in [4.78, 5) is 25.4. The van der Waals surface area contributed by atoms with Crippen molar-refractivity contribution in [3.05, 3.63) is 29.3 Å². The zero-order valence-electron chi connectivity index (χ0n) is 14.4. The van der Waals surface area contributed by atoms with Crippen LogP contribution in [0, 0.1) is 0 Å². The van der Waals surface area contributed by atoms with E-state index in [0.717, 1.165) is 4.90 Å². The highest BCUT2D eigenvalue weighted by Gasteiger charge is 2.51. The quantitative estimate of drug-likeness (QED) is 0.319. The average molecular weight is 453 g/mol. The largest absolute Gasteiger partial charge is 0.491 e. The number of nitrogens with zero attached hydrogens (tertiary/aromatic N) is 2. The Hall–Kier alpha value is -2.50. The summed E-state index contributed by atoms with van der Waals surface area (Å²) in [5.74, 6) is -0.715. The van der Waals surface area contributed by atoms with E-state index in [4.69, 9.17) is 19.6 Å². The van der Waals surface area contributed by atoms with E-state index in [1.54, 1.807) is 0 Å². The first-order valence-electron chi connectivity index (χ1n) is 7.82. The Balaban J connectivity index is 1.90. The van der Waals surface area contributed by atoms with Crippen molar-refractivity contribution in [2.75, 3.05) is 19.8 Å². The highest BCUT2D eigenvalue weighted by Crippen LogP contribution is 2.45. The third-order valence-electron chi connectivity index (χ3n) is 4.14. The summed E-state index contributed by atoms with van der Waals surface area (Å²) in [5, 5.41) is 0.405. The van der Waals surface area contributed by atoms with Crippen LogP contribution in [0.3, 0.4) is 0 Å². The number of rotatable bonds is 8. The van der Waals surface area contributed by atoms with Crippen LogP contribution in [0.5, 0.6) is 5.75 Å². The van der Waals surface area contributed by atoms with Crippen molar-refractivity contribution in [1.29, 1.82) is 0 Å². The third-order valence-corrected chi connectivity index (χ3v) is 4.95. The summed E-state index contributed by atoms with van der Waals surface area (Å²) in [5.41, 5.74) is 5.96. The second-order valence-electron chi connectivity index (χ2n) is 5.97. The number of carbonyl (C=O) groups is 2. The third kappa shape index (κ3) is 4.57. The first-order chi connectivity index (χ1) is 13.4. The molecule has 14 nitrogen and oxygen atoms in total. The van der Waals surface area contributed by atoms with Gasteiger partial charge in [0.05, 0.1) is 6.54 Å². The van der Waals surface area contributed by atoms with Crippen LogP contribution in [-0.4, -0.2) is 67.6 Å². The van der Waals surface area contributed by atoms with Gasteiger partial charge in [0.15, 0.2) is 0 Å². The van der Waals surface area contributed by atoms with E-state index in [0.29, 0.717) is 10.6 Å². The van der Waals surface area contributed by atoms with Gasteiger partial charge in [-0.05, 0) is 23.3 Å². The van der Waals surface area contributed by atoms with Crippen LogP contribution in [0.1, 0.15) is 23.2 Å². The first-order valence-corrected chi connectivity index (χ1v) is 10.5. The molecule has 29 heavy (non-hydrogen) atoms. The molecule has 2 aliphatic rings. The van der Waals surface area contributed by atoms with Crippen LogP contribution in [0.15, 0.2) is 18.2 Å². The molecule has 1 saturated heterocycles. The maximum absolute atomic E-state index is 12.5. The van der Waals surface area contributed by atoms with Crippen LogP contribution >= 0.6 is 0 Å². The van der Waals surface area contributed by atoms with Crippen LogP contribution in [0.2, 0.25) is 0 Å².